The fourth-order valence-corrected chi connectivity index (χ4v) is 6.10. The maximum absolute atomic E-state index is 12.0. The summed E-state index contributed by atoms with van der Waals surface area (Å²) in [5.41, 5.74) is 3.00. The van der Waals surface area contributed by atoms with Crippen molar-refractivity contribution in [3.63, 3.8) is 0 Å². The van der Waals surface area contributed by atoms with Gasteiger partial charge in [0, 0.05) is 22.3 Å². The molecule has 1 unspecified atom stereocenters. The second-order valence-electron chi connectivity index (χ2n) is 7.89. The van der Waals surface area contributed by atoms with Crippen LogP contribution in [-0.4, -0.2) is 51.8 Å². The molecule has 0 radical (unpaired) electrons. The van der Waals surface area contributed by atoms with Gasteiger partial charge in [0.1, 0.15) is 0 Å². The zero-order chi connectivity index (χ0) is 22.2. The number of aryl methyl sites for hydroxylation is 1. The van der Waals surface area contributed by atoms with Crippen molar-refractivity contribution < 1.29 is 8.42 Å². The van der Waals surface area contributed by atoms with E-state index in [0.717, 1.165) is 29.2 Å². The van der Waals surface area contributed by atoms with Crippen LogP contribution >= 0.6 is 23.8 Å². The van der Waals surface area contributed by atoms with Gasteiger partial charge in [0.05, 0.1) is 18.2 Å². The van der Waals surface area contributed by atoms with Crippen molar-refractivity contribution in [1.29, 1.82) is 0 Å². The molecule has 0 N–H and O–H groups in total. The Labute approximate surface area is 193 Å². The molecule has 1 aromatic heterocycles. The molecule has 1 atom stereocenters. The summed E-state index contributed by atoms with van der Waals surface area (Å²) in [5.74, 6) is 1.16. The Balaban J connectivity index is 1.76. The highest BCUT2D eigenvalue weighted by Gasteiger charge is 2.32. The summed E-state index contributed by atoms with van der Waals surface area (Å²) < 4.78 is 28.3. The number of nitrogens with zero attached hydrogens (tertiary/aromatic N) is 4. The van der Waals surface area contributed by atoms with E-state index in [9.17, 15) is 8.42 Å². The van der Waals surface area contributed by atoms with Crippen LogP contribution in [0, 0.1) is 11.7 Å². The summed E-state index contributed by atoms with van der Waals surface area (Å²) in [7, 11) is -2.97. The second kappa shape index (κ2) is 8.86. The normalized spacial score (nSPS) is 18.0. The predicted octanol–water partition coefficient (Wildman–Crippen LogP) is 4.50. The molecule has 2 heterocycles. The maximum atomic E-state index is 12.0. The molecule has 164 valence electrons. The fraction of sp³-hybridized carbons (Fsp3) is 0.364. The average molecular weight is 477 g/mol. The lowest BCUT2D eigenvalue weighted by molar-refractivity contribution is 0.164. The van der Waals surface area contributed by atoms with E-state index >= 15 is 0 Å². The first kappa shape index (κ1) is 22.2. The van der Waals surface area contributed by atoms with Gasteiger partial charge in [0.15, 0.2) is 15.7 Å². The monoisotopic (exact) mass is 476 g/mol. The molecule has 31 heavy (non-hydrogen) atoms. The highest BCUT2D eigenvalue weighted by atomic mass is 35.5. The van der Waals surface area contributed by atoms with E-state index in [-0.39, 0.29) is 17.5 Å². The van der Waals surface area contributed by atoms with Crippen LogP contribution in [0.2, 0.25) is 5.02 Å². The Morgan fingerprint density at radius 3 is 2.42 bits per heavy atom. The molecule has 1 saturated heterocycles. The molecular weight excluding hydrogens is 452 g/mol. The minimum absolute atomic E-state index is 0.0135. The Bertz CT molecular complexity index is 1230. The van der Waals surface area contributed by atoms with Crippen LogP contribution in [0.4, 0.5) is 0 Å². The highest BCUT2D eigenvalue weighted by molar-refractivity contribution is 7.91. The molecule has 3 aromatic rings. The Morgan fingerprint density at radius 1 is 1.16 bits per heavy atom. The highest BCUT2D eigenvalue weighted by Crippen LogP contribution is 2.25. The zero-order valence-corrected chi connectivity index (χ0v) is 19.9. The lowest BCUT2D eigenvalue weighted by Crippen LogP contribution is -2.37. The van der Waals surface area contributed by atoms with Crippen molar-refractivity contribution in [2.75, 3.05) is 18.1 Å². The van der Waals surface area contributed by atoms with E-state index in [0.29, 0.717) is 22.9 Å². The van der Waals surface area contributed by atoms with Gasteiger partial charge in [-0.1, -0.05) is 36.2 Å². The third-order valence-electron chi connectivity index (χ3n) is 5.68. The maximum Gasteiger partial charge on any atom is 0.204 e. The van der Waals surface area contributed by atoms with Gasteiger partial charge in [-0.05, 0) is 68.5 Å². The zero-order valence-electron chi connectivity index (χ0n) is 17.5. The first-order valence-electron chi connectivity index (χ1n) is 10.2. The summed E-state index contributed by atoms with van der Waals surface area (Å²) in [6.07, 6.45) is 0.645. The molecule has 0 spiro atoms. The van der Waals surface area contributed by atoms with Crippen LogP contribution in [0.5, 0.6) is 0 Å². The molecule has 0 bridgehead atoms. The lowest BCUT2D eigenvalue weighted by Gasteiger charge is -2.26. The van der Waals surface area contributed by atoms with Crippen molar-refractivity contribution >= 4 is 33.7 Å². The number of aromatic nitrogens is 3. The van der Waals surface area contributed by atoms with Crippen LogP contribution in [0.1, 0.15) is 18.9 Å². The molecule has 4 rings (SSSR count). The molecule has 2 aromatic carbocycles. The third-order valence-corrected chi connectivity index (χ3v) is 8.08. The SMILES string of the molecule is CCN(Cn1nc(-c2ccc(Cl)cc2)n(-c2ccc(C)cc2)c1=S)C1CCS(=O)(=O)C1. The topological polar surface area (TPSA) is 60.1 Å². The van der Waals surface area contributed by atoms with Gasteiger partial charge in [-0.2, -0.15) is 0 Å². The largest absolute Gasteiger partial charge is 0.281 e. The first-order valence-corrected chi connectivity index (χ1v) is 12.9. The van der Waals surface area contributed by atoms with Gasteiger partial charge in [-0.25, -0.2) is 13.1 Å². The van der Waals surface area contributed by atoms with Crippen LogP contribution in [-0.2, 0) is 16.5 Å². The van der Waals surface area contributed by atoms with E-state index in [2.05, 4.69) is 4.90 Å². The molecule has 0 amide bonds. The molecule has 9 heteroatoms. The standard InChI is InChI=1S/C22H25ClN4O2S2/c1-3-25(20-12-13-31(28,29)14-20)15-26-22(30)27(19-10-4-16(2)5-11-19)21(24-26)17-6-8-18(23)9-7-17/h4-11,20H,3,12-15H2,1-2H3. The number of halogens is 1. The number of hydrogen-bond donors (Lipinski definition) is 0. The molecule has 0 saturated carbocycles. The van der Waals surface area contributed by atoms with Crippen LogP contribution in [0.15, 0.2) is 48.5 Å². The van der Waals surface area contributed by atoms with E-state index in [1.807, 2.05) is 66.9 Å². The van der Waals surface area contributed by atoms with Gasteiger partial charge in [-0.15, -0.1) is 5.10 Å². The van der Waals surface area contributed by atoms with Crippen LogP contribution in [0.25, 0.3) is 17.1 Å². The summed E-state index contributed by atoms with van der Waals surface area (Å²) in [4.78, 5) is 2.14. The van der Waals surface area contributed by atoms with Crippen molar-refractivity contribution in [2.24, 2.45) is 0 Å². The number of rotatable bonds is 6. The summed E-state index contributed by atoms with van der Waals surface area (Å²) in [5, 5.41) is 5.50. The lowest BCUT2D eigenvalue weighted by atomic mass is 10.2. The Hall–Kier alpha value is -2.00. The third kappa shape index (κ3) is 4.77. The fourth-order valence-electron chi connectivity index (χ4n) is 3.92. The van der Waals surface area contributed by atoms with E-state index in [4.69, 9.17) is 28.9 Å². The number of hydrogen-bond acceptors (Lipinski definition) is 5. The van der Waals surface area contributed by atoms with E-state index in [1.54, 1.807) is 4.68 Å². The summed E-state index contributed by atoms with van der Waals surface area (Å²) in [6, 6.07) is 15.6. The summed E-state index contributed by atoms with van der Waals surface area (Å²) >= 11 is 11.9. The molecule has 0 aliphatic carbocycles. The average Bonchev–Trinajstić information content (AvgIpc) is 3.26. The van der Waals surface area contributed by atoms with Gasteiger partial charge < -0.3 is 0 Å². The Kier molecular flexibility index (Phi) is 6.35. The number of sulfone groups is 1. The minimum atomic E-state index is -2.97. The second-order valence-corrected chi connectivity index (χ2v) is 10.9. The van der Waals surface area contributed by atoms with Crippen molar-refractivity contribution in [1.82, 2.24) is 19.2 Å². The van der Waals surface area contributed by atoms with Gasteiger partial charge >= 0.3 is 0 Å². The smallest absolute Gasteiger partial charge is 0.204 e. The van der Waals surface area contributed by atoms with Gasteiger partial charge in [0.2, 0.25) is 4.77 Å². The van der Waals surface area contributed by atoms with Crippen LogP contribution < -0.4 is 0 Å². The quantitative estimate of drug-likeness (QED) is 0.490. The van der Waals surface area contributed by atoms with E-state index < -0.39 is 9.84 Å². The van der Waals surface area contributed by atoms with Crippen molar-refractivity contribution in [2.45, 2.75) is 33.0 Å². The van der Waals surface area contributed by atoms with Crippen LogP contribution in [0.3, 0.4) is 0 Å². The molecule has 1 fully saturated rings. The molecular formula is C22H25ClN4O2S2. The predicted molar refractivity (Wildman–Crippen MR) is 127 cm³/mol. The first-order chi connectivity index (χ1) is 14.8. The molecule has 1 aliphatic rings. The Morgan fingerprint density at radius 2 is 1.84 bits per heavy atom. The van der Waals surface area contributed by atoms with Gasteiger partial charge in [-0.3, -0.25) is 9.47 Å². The molecule has 6 nitrogen and oxygen atoms in total. The molecule has 1 aliphatic heterocycles. The van der Waals surface area contributed by atoms with E-state index in [1.165, 1.54) is 0 Å². The number of benzene rings is 2. The van der Waals surface area contributed by atoms with Crippen molar-refractivity contribution in [3.8, 4) is 17.1 Å². The minimum Gasteiger partial charge on any atom is -0.281 e. The van der Waals surface area contributed by atoms with Crippen molar-refractivity contribution in [3.05, 3.63) is 63.9 Å². The summed E-state index contributed by atoms with van der Waals surface area (Å²) in [6.45, 7) is 5.23. The van der Waals surface area contributed by atoms with Gasteiger partial charge in [0.25, 0.3) is 0 Å².